The Kier molecular flexibility index (Phi) is 5.72. The lowest BCUT2D eigenvalue weighted by atomic mass is 10.2. The second kappa shape index (κ2) is 8.18. The van der Waals surface area contributed by atoms with Crippen LogP contribution in [-0.4, -0.2) is 32.7 Å². The molecule has 8 heteroatoms. The van der Waals surface area contributed by atoms with Gasteiger partial charge in [-0.15, -0.1) is 0 Å². The fourth-order valence-electron chi connectivity index (χ4n) is 2.35. The molecule has 0 saturated heterocycles. The van der Waals surface area contributed by atoms with Crippen molar-refractivity contribution in [1.29, 1.82) is 0 Å². The molecule has 0 amide bonds. The summed E-state index contributed by atoms with van der Waals surface area (Å²) in [5.74, 6) is 2.23. The summed E-state index contributed by atoms with van der Waals surface area (Å²) in [4.78, 5) is 0. The smallest absolute Gasteiger partial charge is 0.422 e. The Balaban J connectivity index is 1.38. The van der Waals surface area contributed by atoms with E-state index in [1.807, 2.05) is 6.07 Å². The quantitative estimate of drug-likeness (QED) is 0.722. The highest BCUT2D eigenvalue weighted by molar-refractivity contribution is 5.46. The topological polar surface area (TPSA) is 49.0 Å². The van der Waals surface area contributed by atoms with Crippen LogP contribution in [0.4, 0.5) is 13.2 Å². The van der Waals surface area contributed by atoms with E-state index in [0.29, 0.717) is 36.9 Å². The molecule has 1 aliphatic rings. The molecular formula is C18H18F3NO4. The first kappa shape index (κ1) is 18.2. The molecule has 2 aromatic rings. The number of ether oxygens (including phenoxy) is 4. The zero-order valence-corrected chi connectivity index (χ0v) is 13.8. The molecule has 1 N–H and O–H groups in total. The van der Waals surface area contributed by atoms with Gasteiger partial charge in [-0.3, -0.25) is 0 Å². The fraction of sp³-hybridized carbons (Fsp3) is 0.333. The van der Waals surface area contributed by atoms with E-state index in [1.165, 1.54) is 6.07 Å². The van der Waals surface area contributed by atoms with Gasteiger partial charge in [0, 0.05) is 19.2 Å². The van der Waals surface area contributed by atoms with Gasteiger partial charge in [0.15, 0.2) is 18.1 Å². The Hall–Kier alpha value is -2.61. The molecule has 1 heterocycles. The number of benzene rings is 2. The molecule has 2 aromatic carbocycles. The third-order valence-corrected chi connectivity index (χ3v) is 3.52. The van der Waals surface area contributed by atoms with Crippen molar-refractivity contribution in [2.24, 2.45) is 0 Å². The van der Waals surface area contributed by atoms with Crippen molar-refractivity contribution in [3.63, 3.8) is 0 Å². The zero-order chi connectivity index (χ0) is 18.4. The van der Waals surface area contributed by atoms with Gasteiger partial charge in [0.05, 0.1) is 0 Å². The molecule has 0 bridgehead atoms. The van der Waals surface area contributed by atoms with Crippen LogP contribution < -0.4 is 24.3 Å². The summed E-state index contributed by atoms with van der Waals surface area (Å²) in [6, 6.07) is 11.9. The minimum Gasteiger partial charge on any atom is -0.492 e. The molecule has 3 rings (SSSR count). The summed E-state index contributed by atoms with van der Waals surface area (Å²) in [5, 5.41) is 3.17. The van der Waals surface area contributed by atoms with Crippen LogP contribution in [0.3, 0.4) is 0 Å². The number of halogens is 3. The third kappa shape index (κ3) is 5.45. The van der Waals surface area contributed by atoms with Crippen LogP contribution in [0.5, 0.6) is 23.0 Å². The predicted molar refractivity (Wildman–Crippen MR) is 87.8 cm³/mol. The average Bonchev–Trinajstić information content (AvgIpc) is 3.07. The Morgan fingerprint density at radius 2 is 1.77 bits per heavy atom. The number of alkyl halides is 3. The van der Waals surface area contributed by atoms with Gasteiger partial charge >= 0.3 is 6.18 Å². The van der Waals surface area contributed by atoms with Gasteiger partial charge in [-0.05, 0) is 29.8 Å². The van der Waals surface area contributed by atoms with Crippen molar-refractivity contribution in [3.05, 3.63) is 48.0 Å². The van der Waals surface area contributed by atoms with Crippen molar-refractivity contribution in [2.45, 2.75) is 12.7 Å². The molecule has 0 fully saturated rings. The monoisotopic (exact) mass is 369 g/mol. The van der Waals surface area contributed by atoms with Crippen molar-refractivity contribution in [3.8, 4) is 23.0 Å². The van der Waals surface area contributed by atoms with Crippen LogP contribution in [0.1, 0.15) is 5.56 Å². The van der Waals surface area contributed by atoms with E-state index in [2.05, 4.69) is 5.32 Å². The molecular weight excluding hydrogens is 351 g/mol. The van der Waals surface area contributed by atoms with Crippen LogP contribution in [0.25, 0.3) is 0 Å². The molecule has 140 valence electrons. The van der Waals surface area contributed by atoms with E-state index in [0.717, 1.165) is 5.56 Å². The van der Waals surface area contributed by atoms with Gasteiger partial charge < -0.3 is 24.3 Å². The van der Waals surface area contributed by atoms with Crippen molar-refractivity contribution >= 4 is 0 Å². The number of rotatable bonds is 8. The molecule has 0 atom stereocenters. The summed E-state index contributed by atoms with van der Waals surface area (Å²) in [7, 11) is 0. The lowest BCUT2D eigenvalue weighted by molar-refractivity contribution is -0.153. The number of nitrogens with one attached hydrogen (secondary N) is 1. The maximum Gasteiger partial charge on any atom is 0.422 e. The minimum absolute atomic E-state index is 0.193. The molecule has 0 aromatic heterocycles. The first-order valence-electron chi connectivity index (χ1n) is 8.01. The maximum atomic E-state index is 12.2. The molecule has 1 aliphatic heterocycles. The van der Waals surface area contributed by atoms with Crippen LogP contribution >= 0.6 is 0 Å². The van der Waals surface area contributed by atoms with Gasteiger partial charge in [-0.1, -0.05) is 12.1 Å². The van der Waals surface area contributed by atoms with Gasteiger partial charge in [0.1, 0.15) is 18.1 Å². The van der Waals surface area contributed by atoms with E-state index in [-0.39, 0.29) is 12.5 Å². The van der Waals surface area contributed by atoms with Crippen molar-refractivity contribution < 1.29 is 32.1 Å². The molecule has 26 heavy (non-hydrogen) atoms. The predicted octanol–water partition coefficient (Wildman–Crippen LogP) is 3.53. The van der Waals surface area contributed by atoms with Crippen LogP contribution in [0.2, 0.25) is 0 Å². The summed E-state index contributed by atoms with van der Waals surface area (Å²) in [6.07, 6.45) is -4.35. The van der Waals surface area contributed by atoms with Crippen LogP contribution in [0, 0.1) is 0 Å². The third-order valence-electron chi connectivity index (χ3n) is 3.52. The van der Waals surface area contributed by atoms with Gasteiger partial charge in [0.2, 0.25) is 6.79 Å². The Bertz CT molecular complexity index is 737. The normalized spacial score (nSPS) is 12.9. The maximum absolute atomic E-state index is 12.2. The minimum atomic E-state index is -4.35. The summed E-state index contributed by atoms with van der Waals surface area (Å²) in [5.41, 5.74) is 0.827. The standard InChI is InChI=1S/C18H18F3NO4/c19-18(20,21)11-24-14-3-1-2-13(8-14)10-22-6-7-23-15-4-5-16-17(9-15)26-12-25-16/h1-5,8-9,22H,6-7,10-12H2. The summed E-state index contributed by atoms with van der Waals surface area (Å²) in [6.45, 7) is 0.416. The van der Waals surface area contributed by atoms with Gasteiger partial charge in [0.25, 0.3) is 0 Å². The van der Waals surface area contributed by atoms with E-state index < -0.39 is 12.8 Å². The lowest BCUT2D eigenvalue weighted by Crippen LogP contribution is -2.21. The lowest BCUT2D eigenvalue weighted by Gasteiger charge is -2.11. The Morgan fingerprint density at radius 1 is 0.962 bits per heavy atom. The second-order valence-corrected chi connectivity index (χ2v) is 5.59. The van der Waals surface area contributed by atoms with E-state index in [1.54, 1.807) is 30.3 Å². The Labute approximate surface area is 148 Å². The highest BCUT2D eigenvalue weighted by Gasteiger charge is 2.28. The Morgan fingerprint density at radius 3 is 2.62 bits per heavy atom. The average molecular weight is 369 g/mol. The van der Waals surface area contributed by atoms with E-state index >= 15 is 0 Å². The van der Waals surface area contributed by atoms with Crippen LogP contribution in [0.15, 0.2) is 42.5 Å². The second-order valence-electron chi connectivity index (χ2n) is 5.59. The van der Waals surface area contributed by atoms with E-state index in [9.17, 15) is 13.2 Å². The highest BCUT2D eigenvalue weighted by atomic mass is 19.4. The molecule has 0 aliphatic carbocycles. The first-order valence-corrected chi connectivity index (χ1v) is 8.01. The van der Waals surface area contributed by atoms with Crippen molar-refractivity contribution in [2.75, 3.05) is 26.6 Å². The molecule has 0 unspecified atom stereocenters. The number of hydrogen-bond donors (Lipinski definition) is 1. The number of hydrogen-bond acceptors (Lipinski definition) is 5. The molecule has 0 spiro atoms. The molecule has 0 saturated carbocycles. The first-order chi connectivity index (χ1) is 12.5. The molecule has 5 nitrogen and oxygen atoms in total. The largest absolute Gasteiger partial charge is 0.492 e. The van der Waals surface area contributed by atoms with E-state index in [4.69, 9.17) is 18.9 Å². The SMILES string of the molecule is FC(F)(F)COc1cccc(CNCCOc2ccc3c(c2)OCO3)c1. The van der Waals surface area contributed by atoms with Crippen molar-refractivity contribution in [1.82, 2.24) is 5.32 Å². The molecule has 0 radical (unpaired) electrons. The van der Waals surface area contributed by atoms with Gasteiger partial charge in [-0.25, -0.2) is 0 Å². The summed E-state index contributed by atoms with van der Waals surface area (Å²) >= 11 is 0. The van der Waals surface area contributed by atoms with Gasteiger partial charge in [-0.2, -0.15) is 13.2 Å². The zero-order valence-electron chi connectivity index (χ0n) is 13.8. The highest BCUT2D eigenvalue weighted by Crippen LogP contribution is 2.34. The van der Waals surface area contributed by atoms with Crippen LogP contribution in [-0.2, 0) is 6.54 Å². The fourth-order valence-corrected chi connectivity index (χ4v) is 2.35. The summed E-state index contributed by atoms with van der Waals surface area (Å²) < 4.78 is 57.4. The number of fused-ring (bicyclic) bond motifs is 1.